The van der Waals surface area contributed by atoms with Gasteiger partial charge in [0.05, 0.1) is 12.8 Å². The van der Waals surface area contributed by atoms with Gasteiger partial charge in [-0.15, -0.1) is 0 Å². The number of hydrogen-bond acceptors (Lipinski definition) is 5. The van der Waals surface area contributed by atoms with Crippen molar-refractivity contribution < 1.29 is 19.0 Å². The van der Waals surface area contributed by atoms with Gasteiger partial charge in [0, 0.05) is 13.0 Å². The Kier molecular flexibility index (Phi) is 4.41. The molecule has 1 heterocycles. The Hall–Kier alpha value is -2.01. The van der Waals surface area contributed by atoms with Crippen LogP contribution in [0.4, 0.5) is 0 Å². The highest BCUT2D eigenvalue weighted by molar-refractivity contribution is 5.31. The third kappa shape index (κ3) is 3.48. The molecule has 2 rings (SSSR count). The fourth-order valence-corrected chi connectivity index (χ4v) is 1.70. The number of benzene rings is 1. The van der Waals surface area contributed by atoms with Gasteiger partial charge in [-0.25, -0.2) is 4.98 Å². The van der Waals surface area contributed by atoms with Crippen molar-refractivity contribution in [1.82, 2.24) is 4.98 Å². The number of aryl methyl sites for hydroxylation is 1. The smallest absolute Gasteiger partial charge is 0.232 e. The first-order chi connectivity index (χ1) is 9.22. The van der Waals surface area contributed by atoms with Crippen molar-refractivity contribution in [3.8, 4) is 11.5 Å². The first kappa shape index (κ1) is 13.4. The number of aromatic nitrogens is 1. The van der Waals surface area contributed by atoms with Gasteiger partial charge >= 0.3 is 0 Å². The third-order valence-electron chi connectivity index (χ3n) is 2.71. The van der Waals surface area contributed by atoms with E-state index in [2.05, 4.69) is 4.98 Å². The summed E-state index contributed by atoms with van der Waals surface area (Å²) >= 11 is 0. The summed E-state index contributed by atoms with van der Waals surface area (Å²) in [5.41, 5.74) is 0.774. The molecule has 0 saturated heterocycles. The molecule has 5 nitrogen and oxygen atoms in total. The molecule has 5 heteroatoms. The SMILES string of the molecule is COc1ccc(OCc2nc(CCO)c(C)o2)cc1. The molecule has 2 aromatic rings. The van der Waals surface area contributed by atoms with Crippen LogP contribution in [0.3, 0.4) is 0 Å². The van der Waals surface area contributed by atoms with Gasteiger partial charge in [-0.05, 0) is 31.2 Å². The standard InChI is InChI=1S/C14H17NO4/c1-10-13(7-8-16)15-14(19-10)9-18-12-5-3-11(17-2)4-6-12/h3-6,16H,7-9H2,1-2H3. The van der Waals surface area contributed by atoms with Crippen molar-refractivity contribution >= 4 is 0 Å². The number of rotatable bonds is 6. The molecule has 0 spiro atoms. The monoisotopic (exact) mass is 263 g/mol. The van der Waals surface area contributed by atoms with Gasteiger partial charge in [-0.1, -0.05) is 0 Å². The van der Waals surface area contributed by atoms with E-state index in [1.54, 1.807) is 7.11 Å². The molecule has 102 valence electrons. The summed E-state index contributed by atoms with van der Waals surface area (Å²) in [6.45, 7) is 2.15. The average molecular weight is 263 g/mol. The Morgan fingerprint density at radius 3 is 2.53 bits per heavy atom. The molecule has 0 aliphatic rings. The third-order valence-corrected chi connectivity index (χ3v) is 2.71. The first-order valence-electron chi connectivity index (χ1n) is 6.06. The number of ether oxygens (including phenoxy) is 2. The molecule has 0 radical (unpaired) electrons. The zero-order valence-electron chi connectivity index (χ0n) is 11.0. The molecular weight excluding hydrogens is 246 g/mol. The highest BCUT2D eigenvalue weighted by Crippen LogP contribution is 2.18. The number of nitrogens with zero attached hydrogens (tertiary/aromatic N) is 1. The molecule has 0 aliphatic heterocycles. The summed E-state index contributed by atoms with van der Waals surface area (Å²) in [7, 11) is 1.62. The number of hydrogen-bond donors (Lipinski definition) is 1. The Labute approximate surface area is 111 Å². The van der Waals surface area contributed by atoms with Crippen LogP contribution in [0.1, 0.15) is 17.3 Å². The highest BCUT2D eigenvalue weighted by atomic mass is 16.5. The zero-order valence-corrected chi connectivity index (χ0v) is 11.0. The quantitative estimate of drug-likeness (QED) is 0.864. The Morgan fingerprint density at radius 1 is 1.21 bits per heavy atom. The molecule has 0 unspecified atom stereocenters. The first-order valence-corrected chi connectivity index (χ1v) is 6.06. The van der Waals surface area contributed by atoms with Crippen LogP contribution < -0.4 is 9.47 Å². The molecule has 0 atom stereocenters. The van der Waals surface area contributed by atoms with Gasteiger partial charge < -0.3 is 19.0 Å². The second-order valence-electron chi connectivity index (χ2n) is 4.05. The van der Waals surface area contributed by atoms with E-state index in [9.17, 15) is 0 Å². The number of oxazole rings is 1. The van der Waals surface area contributed by atoms with Crippen LogP contribution in [-0.4, -0.2) is 23.8 Å². The van der Waals surface area contributed by atoms with Crippen molar-refractivity contribution in [2.45, 2.75) is 20.0 Å². The molecular formula is C14H17NO4. The van der Waals surface area contributed by atoms with Gasteiger partial charge in [0.1, 0.15) is 17.3 Å². The summed E-state index contributed by atoms with van der Waals surface area (Å²) in [6, 6.07) is 7.30. The topological polar surface area (TPSA) is 64.7 Å². The van der Waals surface area contributed by atoms with Gasteiger partial charge in [0.2, 0.25) is 5.89 Å². The van der Waals surface area contributed by atoms with Crippen LogP contribution >= 0.6 is 0 Å². The fourth-order valence-electron chi connectivity index (χ4n) is 1.70. The van der Waals surface area contributed by atoms with Crippen molar-refractivity contribution in [3.63, 3.8) is 0 Å². The van der Waals surface area contributed by atoms with Gasteiger partial charge in [-0.3, -0.25) is 0 Å². The van der Waals surface area contributed by atoms with Gasteiger partial charge in [-0.2, -0.15) is 0 Å². The minimum absolute atomic E-state index is 0.0617. The van der Waals surface area contributed by atoms with E-state index in [-0.39, 0.29) is 13.2 Å². The summed E-state index contributed by atoms with van der Waals surface area (Å²) in [6.07, 6.45) is 0.498. The number of aliphatic hydroxyl groups excluding tert-OH is 1. The van der Waals surface area contributed by atoms with Crippen LogP contribution in [0.15, 0.2) is 28.7 Å². The van der Waals surface area contributed by atoms with Crippen LogP contribution in [0, 0.1) is 6.92 Å². The van der Waals surface area contributed by atoms with Crippen LogP contribution in [0.25, 0.3) is 0 Å². The molecule has 1 N–H and O–H groups in total. The summed E-state index contributed by atoms with van der Waals surface area (Å²) in [5, 5.41) is 8.89. The Balaban J connectivity index is 1.95. The second-order valence-corrected chi connectivity index (χ2v) is 4.05. The van der Waals surface area contributed by atoms with E-state index >= 15 is 0 Å². The lowest BCUT2D eigenvalue weighted by Gasteiger charge is -2.04. The fraction of sp³-hybridized carbons (Fsp3) is 0.357. The minimum Gasteiger partial charge on any atom is -0.497 e. The van der Waals surface area contributed by atoms with Crippen LogP contribution in [0.5, 0.6) is 11.5 Å². The van der Waals surface area contributed by atoms with Crippen LogP contribution in [0.2, 0.25) is 0 Å². The van der Waals surface area contributed by atoms with E-state index in [4.69, 9.17) is 19.0 Å². The van der Waals surface area contributed by atoms with Crippen molar-refractivity contribution in [2.24, 2.45) is 0 Å². The molecule has 0 saturated carbocycles. The average Bonchev–Trinajstić information content (AvgIpc) is 2.78. The molecule has 0 amide bonds. The number of methoxy groups -OCH3 is 1. The van der Waals surface area contributed by atoms with E-state index in [0.29, 0.717) is 12.3 Å². The van der Waals surface area contributed by atoms with Gasteiger partial charge in [0.15, 0.2) is 6.61 Å². The lowest BCUT2D eigenvalue weighted by molar-refractivity contribution is 0.260. The summed E-state index contributed by atoms with van der Waals surface area (Å²) < 4.78 is 16.1. The van der Waals surface area contributed by atoms with Gasteiger partial charge in [0.25, 0.3) is 0 Å². The second kappa shape index (κ2) is 6.24. The minimum atomic E-state index is 0.0617. The Morgan fingerprint density at radius 2 is 1.89 bits per heavy atom. The molecule has 1 aromatic carbocycles. The molecule has 0 bridgehead atoms. The van der Waals surface area contributed by atoms with Crippen molar-refractivity contribution in [1.29, 1.82) is 0 Å². The normalized spacial score (nSPS) is 10.5. The zero-order chi connectivity index (χ0) is 13.7. The maximum atomic E-state index is 8.89. The van der Waals surface area contributed by atoms with Crippen molar-refractivity contribution in [2.75, 3.05) is 13.7 Å². The molecule has 19 heavy (non-hydrogen) atoms. The predicted molar refractivity (Wildman–Crippen MR) is 69.4 cm³/mol. The highest BCUT2D eigenvalue weighted by Gasteiger charge is 2.09. The van der Waals surface area contributed by atoms with E-state index < -0.39 is 0 Å². The maximum Gasteiger partial charge on any atom is 0.232 e. The van der Waals surface area contributed by atoms with E-state index in [1.165, 1.54) is 0 Å². The van der Waals surface area contributed by atoms with E-state index in [0.717, 1.165) is 23.0 Å². The van der Waals surface area contributed by atoms with Crippen molar-refractivity contribution in [3.05, 3.63) is 41.6 Å². The lowest BCUT2D eigenvalue weighted by atomic mass is 10.3. The summed E-state index contributed by atoms with van der Waals surface area (Å²) in [4.78, 5) is 4.27. The largest absolute Gasteiger partial charge is 0.497 e. The summed E-state index contributed by atoms with van der Waals surface area (Å²) in [5.74, 6) is 2.74. The Bertz CT molecular complexity index is 519. The maximum absolute atomic E-state index is 8.89. The molecule has 1 aromatic heterocycles. The number of aliphatic hydroxyl groups is 1. The molecule has 0 fully saturated rings. The van der Waals surface area contributed by atoms with E-state index in [1.807, 2.05) is 31.2 Å². The molecule has 0 aliphatic carbocycles. The van der Waals surface area contributed by atoms with Crippen LogP contribution in [-0.2, 0) is 13.0 Å². The lowest BCUT2D eigenvalue weighted by Crippen LogP contribution is -1.97. The predicted octanol–water partition coefficient (Wildman–Crippen LogP) is 2.11.